The maximum absolute atomic E-state index is 9.50. The Labute approximate surface area is 101 Å². The lowest BCUT2D eigenvalue weighted by Crippen LogP contribution is -1.86. The maximum atomic E-state index is 9.50. The van der Waals surface area contributed by atoms with E-state index in [1.165, 1.54) is 0 Å². The molecule has 2 rings (SSSR count). The first kappa shape index (κ1) is 11.2. The molecule has 0 fully saturated rings. The van der Waals surface area contributed by atoms with E-state index in [1.54, 1.807) is 6.07 Å². The van der Waals surface area contributed by atoms with Gasteiger partial charge in [-0.05, 0) is 60.4 Å². The molecule has 0 bridgehead atoms. The molecule has 0 radical (unpaired) electrons. The molecule has 0 spiro atoms. The Morgan fingerprint density at radius 1 is 1.00 bits per heavy atom. The van der Waals surface area contributed by atoms with Gasteiger partial charge in [-0.15, -0.1) is 0 Å². The van der Waals surface area contributed by atoms with Gasteiger partial charge in [-0.2, -0.15) is 5.26 Å². The van der Waals surface area contributed by atoms with Gasteiger partial charge in [0, 0.05) is 0 Å². The molecule has 0 saturated carbocycles. The number of aryl methyl sites for hydroxylation is 2. The molecule has 0 saturated heterocycles. The molecule has 2 aromatic carbocycles. The SMILES string of the molecule is Cc1cc(-c2ccc(C#N)cc2C)ccc1O. The highest BCUT2D eigenvalue weighted by molar-refractivity contribution is 5.69. The Hall–Kier alpha value is -2.27. The van der Waals surface area contributed by atoms with Gasteiger partial charge < -0.3 is 5.11 Å². The summed E-state index contributed by atoms with van der Waals surface area (Å²) < 4.78 is 0. The third kappa shape index (κ3) is 2.14. The van der Waals surface area contributed by atoms with Crippen LogP contribution in [0, 0.1) is 25.2 Å². The molecule has 0 unspecified atom stereocenters. The van der Waals surface area contributed by atoms with E-state index in [9.17, 15) is 5.11 Å². The third-order valence-electron chi connectivity index (χ3n) is 2.86. The number of nitriles is 1. The minimum atomic E-state index is 0.306. The largest absolute Gasteiger partial charge is 0.508 e. The average molecular weight is 223 g/mol. The summed E-state index contributed by atoms with van der Waals surface area (Å²) in [6.07, 6.45) is 0. The topological polar surface area (TPSA) is 44.0 Å². The lowest BCUT2D eigenvalue weighted by atomic mass is 9.97. The van der Waals surface area contributed by atoms with Crippen molar-refractivity contribution < 1.29 is 5.11 Å². The van der Waals surface area contributed by atoms with Gasteiger partial charge in [0.1, 0.15) is 5.75 Å². The standard InChI is InChI=1S/C15H13NO/c1-10-7-12(9-16)3-5-14(10)13-4-6-15(17)11(2)8-13/h3-8,17H,1-2H3. The highest BCUT2D eigenvalue weighted by Crippen LogP contribution is 2.28. The predicted octanol–water partition coefficient (Wildman–Crippen LogP) is 3.55. The van der Waals surface area contributed by atoms with Crippen LogP contribution in [-0.2, 0) is 0 Å². The molecular formula is C15H13NO. The summed E-state index contributed by atoms with van der Waals surface area (Å²) in [5.74, 6) is 0.306. The second-order valence-corrected chi connectivity index (χ2v) is 4.14. The lowest BCUT2D eigenvalue weighted by Gasteiger charge is -2.08. The fourth-order valence-electron chi connectivity index (χ4n) is 1.88. The summed E-state index contributed by atoms with van der Waals surface area (Å²) in [7, 11) is 0. The van der Waals surface area contributed by atoms with E-state index in [4.69, 9.17) is 5.26 Å². The van der Waals surface area contributed by atoms with Gasteiger partial charge in [0.05, 0.1) is 11.6 Å². The number of nitrogens with zero attached hydrogens (tertiary/aromatic N) is 1. The average Bonchev–Trinajstić information content (AvgIpc) is 2.32. The van der Waals surface area contributed by atoms with E-state index >= 15 is 0 Å². The Morgan fingerprint density at radius 2 is 1.76 bits per heavy atom. The molecule has 17 heavy (non-hydrogen) atoms. The number of phenols is 1. The van der Waals surface area contributed by atoms with Crippen molar-refractivity contribution >= 4 is 0 Å². The predicted molar refractivity (Wildman–Crippen MR) is 67.7 cm³/mol. The highest BCUT2D eigenvalue weighted by Gasteiger charge is 2.04. The molecule has 2 nitrogen and oxygen atoms in total. The molecular weight excluding hydrogens is 210 g/mol. The van der Waals surface area contributed by atoms with Crippen LogP contribution in [0.15, 0.2) is 36.4 Å². The van der Waals surface area contributed by atoms with Crippen LogP contribution in [-0.4, -0.2) is 5.11 Å². The number of benzene rings is 2. The van der Waals surface area contributed by atoms with Crippen molar-refractivity contribution in [1.82, 2.24) is 0 Å². The third-order valence-corrected chi connectivity index (χ3v) is 2.86. The molecule has 2 aromatic rings. The zero-order valence-corrected chi connectivity index (χ0v) is 9.86. The summed E-state index contributed by atoms with van der Waals surface area (Å²) in [5, 5.41) is 18.3. The molecule has 0 aliphatic heterocycles. The van der Waals surface area contributed by atoms with E-state index in [0.29, 0.717) is 11.3 Å². The first-order valence-corrected chi connectivity index (χ1v) is 5.42. The number of aromatic hydroxyl groups is 1. The number of phenolic OH excluding ortho intramolecular Hbond substituents is 1. The number of hydrogen-bond donors (Lipinski definition) is 1. The van der Waals surface area contributed by atoms with Crippen molar-refractivity contribution in [3.05, 3.63) is 53.1 Å². The zero-order chi connectivity index (χ0) is 12.4. The number of hydrogen-bond acceptors (Lipinski definition) is 2. The molecule has 84 valence electrons. The van der Waals surface area contributed by atoms with Crippen molar-refractivity contribution in [3.8, 4) is 22.9 Å². The Kier molecular flexibility index (Phi) is 2.84. The van der Waals surface area contributed by atoms with Gasteiger partial charge >= 0.3 is 0 Å². The van der Waals surface area contributed by atoms with E-state index < -0.39 is 0 Å². The van der Waals surface area contributed by atoms with Gasteiger partial charge in [0.15, 0.2) is 0 Å². The van der Waals surface area contributed by atoms with Crippen LogP contribution in [0.3, 0.4) is 0 Å². The van der Waals surface area contributed by atoms with Crippen molar-refractivity contribution in [1.29, 1.82) is 5.26 Å². The van der Waals surface area contributed by atoms with Crippen LogP contribution < -0.4 is 0 Å². The van der Waals surface area contributed by atoms with Crippen molar-refractivity contribution in [3.63, 3.8) is 0 Å². The van der Waals surface area contributed by atoms with Crippen LogP contribution in [0.25, 0.3) is 11.1 Å². The molecule has 0 amide bonds. The van der Waals surface area contributed by atoms with E-state index in [2.05, 4.69) is 6.07 Å². The van der Waals surface area contributed by atoms with Crippen molar-refractivity contribution in [2.24, 2.45) is 0 Å². The lowest BCUT2D eigenvalue weighted by molar-refractivity contribution is 0.471. The normalized spacial score (nSPS) is 9.94. The molecule has 0 aliphatic carbocycles. The van der Waals surface area contributed by atoms with Crippen LogP contribution >= 0.6 is 0 Å². The van der Waals surface area contributed by atoms with E-state index in [1.807, 2.05) is 44.2 Å². The second kappa shape index (κ2) is 4.31. The fourth-order valence-corrected chi connectivity index (χ4v) is 1.88. The first-order chi connectivity index (χ1) is 8.11. The van der Waals surface area contributed by atoms with Crippen molar-refractivity contribution in [2.45, 2.75) is 13.8 Å². The summed E-state index contributed by atoms with van der Waals surface area (Å²) in [5.41, 5.74) is 4.73. The van der Waals surface area contributed by atoms with Crippen LogP contribution in [0.5, 0.6) is 5.75 Å². The van der Waals surface area contributed by atoms with Gasteiger partial charge in [-0.3, -0.25) is 0 Å². The number of rotatable bonds is 1. The van der Waals surface area contributed by atoms with E-state index in [0.717, 1.165) is 22.3 Å². The van der Waals surface area contributed by atoms with Crippen molar-refractivity contribution in [2.75, 3.05) is 0 Å². The Balaban J connectivity index is 2.54. The summed E-state index contributed by atoms with van der Waals surface area (Å²) in [6, 6.07) is 13.3. The maximum Gasteiger partial charge on any atom is 0.118 e. The van der Waals surface area contributed by atoms with Crippen LogP contribution in [0.4, 0.5) is 0 Å². The molecule has 1 N–H and O–H groups in total. The highest BCUT2D eigenvalue weighted by atomic mass is 16.3. The molecule has 0 heterocycles. The minimum absolute atomic E-state index is 0.306. The Bertz CT molecular complexity index is 609. The van der Waals surface area contributed by atoms with Gasteiger partial charge in [0.2, 0.25) is 0 Å². The van der Waals surface area contributed by atoms with Crippen LogP contribution in [0.1, 0.15) is 16.7 Å². The van der Waals surface area contributed by atoms with Gasteiger partial charge in [-0.25, -0.2) is 0 Å². The quantitative estimate of drug-likeness (QED) is 0.803. The summed E-state index contributed by atoms with van der Waals surface area (Å²) >= 11 is 0. The monoisotopic (exact) mass is 223 g/mol. The Morgan fingerprint density at radius 3 is 2.35 bits per heavy atom. The summed E-state index contributed by atoms with van der Waals surface area (Å²) in [6.45, 7) is 3.86. The smallest absolute Gasteiger partial charge is 0.118 e. The van der Waals surface area contributed by atoms with Gasteiger partial charge in [0.25, 0.3) is 0 Å². The zero-order valence-electron chi connectivity index (χ0n) is 9.86. The van der Waals surface area contributed by atoms with Gasteiger partial charge in [-0.1, -0.05) is 12.1 Å². The minimum Gasteiger partial charge on any atom is -0.508 e. The summed E-state index contributed by atoms with van der Waals surface area (Å²) in [4.78, 5) is 0. The molecule has 0 atom stereocenters. The second-order valence-electron chi connectivity index (χ2n) is 4.14. The van der Waals surface area contributed by atoms with Crippen LogP contribution in [0.2, 0.25) is 0 Å². The molecule has 0 aromatic heterocycles. The molecule has 0 aliphatic rings. The molecule has 2 heteroatoms. The first-order valence-electron chi connectivity index (χ1n) is 5.42. The van der Waals surface area contributed by atoms with E-state index in [-0.39, 0.29) is 0 Å². The fraction of sp³-hybridized carbons (Fsp3) is 0.133.